The minimum atomic E-state index is -0.782. The number of carbonyl (C=O) groups is 1. The molecule has 31 heavy (non-hydrogen) atoms. The number of para-hydroxylation sites is 1. The fourth-order valence-corrected chi connectivity index (χ4v) is 4.35. The number of aliphatic hydroxyl groups excluding tert-OH is 1. The van der Waals surface area contributed by atoms with E-state index in [1.807, 2.05) is 30.3 Å². The van der Waals surface area contributed by atoms with Crippen molar-refractivity contribution in [3.8, 4) is 11.5 Å². The fourth-order valence-electron chi connectivity index (χ4n) is 4.35. The molecule has 1 heterocycles. The Labute approximate surface area is 180 Å². The second-order valence-electron chi connectivity index (χ2n) is 7.90. The summed E-state index contributed by atoms with van der Waals surface area (Å²) in [5.74, 6) is -0.716. The third kappa shape index (κ3) is 4.39. The van der Waals surface area contributed by atoms with E-state index in [0.717, 1.165) is 5.69 Å². The van der Waals surface area contributed by atoms with Gasteiger partial charge in [-0.2, -0.15) is 0 Å². The van der Waals surface area contributed by atoms with E-state index in [2.05, 4.69) is 0 Å². The van der Waals surface area contributed by atoms with Gasteiger partial charge in [-0.05, 0) is 60.7 Å². The van der Waals surface area contributed by atoms with Crippen molar-refractivity contribution >= 4 is 11.6 Å². The van der Waals surface area contributed by atoms with E-state index in [1.54, 1.807) is 23.1 Å². The standard InChI is InChI=1S/C25H24FNO4/c26-18-9-6-16(7-10-18)22(29)13-8-17-14-24(31)27(19-4-2-1-3-5-19)25(17)21-12-11-20(28)15-23(21)30/h1-7,9-12,15,17,22,25,28-30H,8,13-14H2/t17-,22-,25-/m0/s1. The molecule has 0 bridgehead atoms. The average Bonchev–Trinajstić information content (AvgIpc) is 3.09. The van der Waals surface area contributed by atoms with Crippen molar-refractivity contribution in [2.45, 2.75) is 31.4 Å². The molecule has 160 valence electrons. The molecule has 5 nitrogen and oxygen atoms in total. The highest BCUT2D eigenvalue weighted by Crippen LogP contribution is 2.46. The Morgan fingerprint density at radius 3 is 2.39 bits per heavy atom. The molecule has 3 atom stereocenters. The van der Waals surface area contributed by atoms with Crippen LogP contribution in [0.5, 0.6) is 11.5 Å². The number of amides is 1. The molecule has 6 heteroatoms. The van der Waals surface area contributed by atoms with Crippen LogP contribution in [0.2, 0.25) is 0 Å². The van der Waals surface area contributed by atoms with Gasteiger partial charge in [0.15, 0.2) is 0 Å². The second-order valence-corrected chi connectivity index (χ2v) is 7.90. The molecule has 1 fully saturated rings. The maximum Gasteiger partial charge on any atom is 0.227 e. The number of anilines is 1. The predicted octanol–water partition coefficient (Wildman–Crippen LogP) is 4.84. The summed E-state index contributed by atoms with van der Waals surface area (Å²) in [6.45, 7) is 0. The first kappa shape index (κ1) is 20.9. The zero-order valence-corrected chi connectivity index (χ0v) is 16.9. The number of rotatable bonds is 6. The topological polar surface area (TPSA) is 81.0 Å². The normalized spacial score (nSPS) is 19.5. The van der Waals surface area contributed by atoms with Gasteiger partial charge >= 0.3 is 0 Å². The molecule has 1 aliphatic heterocycles. The highest BCUT2D eigenvalue weighted by atomic mass is 19.1. The molecule has 0 aromatic heterocycles. The minimum absolute atomic E-state index is 0.0554. The van der Waals surface area contributed by atoms with Gasteiger partial charge in [-0.15, -0.1) is 0 Å². The maximum atomic E-state index is 13.2. The lowest BCUT2D eigenvalue weighted by Gasteiger charge is -2.30. The summed E-state index contributed by atoms with van der Waals surface area (Å²) in [5.41, 5.74) is 1.90. The van der Waals surface area contributed by atoms with Crippen LogP contribution in [0.4, 0.5) is 10.1 Å². The molecule has 0 saturated carbocycles. The molecule has 3 aromatic rings. The molecule has 0 aliphatic carbocycles. The number of carbonyl (C=O) groups excluding carboxylic acids is 1. The van der Waals surface area contributed by atoms with Crippen LogP contribution in [-0.2, 0) is 4.79 Å². The molecule has 0 unspecified atom stereocenters. The Bertz CT molecular complexity index is 1050. The minimum Gasteiger partial charge on any atom is -0.508 e. The summed E-state index contributed by atoms with van der Waals surface area (Å²) in [6.07, 6.45) is 0.409. The van der Waals surface area contributed by atoms with Gasteiger partial charge in [0.05, 0.1) is 12.1 Å². The van der Waals surface area contributed by atoms with Gasteiger partial charge < -0.3 is 20.2 Å². The van der Waals surface area contributed by atoms with E-state index in [4.69, 9.17) is 0 Å². The SMILES string of the molecule is O=C1C[C@H](CC[C@H](O)c2ccc(F)cc2)[C@@H](c2ccc(O)cc2O)N1c1ccccc1. The van der Waals surface area contributed by atoms with Crippen LogP contribution in [-0.4, -0.2) is 21.2 Å². The predicted molar refractivity (Wildman–Crippen MR) is 115 cm³/mol. The maximum absolute atomic E-state index is 13.2. The van der Waals surface area contributed by atoms with Crippen LogP contribution in [0.3, 0.4) is 0 Å². The van der Waals surface area contributed by atoms with Crippen LogP contribution in [0, 0.1) is 11.7 Å². The van der Waals surface area contributed by atoms with Gasteiger partial charge in [-0.1, -0.05) is 30.3 Å². The van der Waals surface area contributed by atoms with Crippen molar-refractivity contribution in [1.29, 1.82) is 0 Å². The summed E-state index contributed by atoms with van der Waals surface area (Å²) < 4.78 is 13.2. The average molecular weight is 421 g/mol. The molecular weight excluding hydrogens is 397 g/mol. The fraction of sp³-hybridized carbons (Fsp3) is 0.240. The molecule has 3 N–H and O–H groups in total. The summed E-state index contributed by atoms with van der Waals surface area (Å²) in [7, 11) is 0. The molecular formula is C25H24FNO4. The Hall–Kier alpha value is -3.38. The van der Waals surface area contributed by atoms with Gasteiger partial charge in [0, 0.05) is 23.7 Å². The lowest BCUT2D eigenvalue weighted by atomic mass is 9.87. The lowest BCUT2D eigenvalue weighted by molar-refractivity contribution is -0.117. The number of phenols is 2. The van der Waals surface area contributed by atoms with Crippen molar-refractivity contribution in [3.63, 3.8) is 0 Å². The first-order valence-electron chi connectivity index (χ1n) is 10.3. The number of aliphatic hydroxyl groups is 1. The summed E-state index contributed by atoms with van der Waals surface area (Å²) >= 11 is 0. The van der Waals surface area contributed by atoms with Gasteiger partial charge in [-0.3, -0.25) is 4.79 Å². The number of nitrogens with zero attached hydrogens (tertiary/aromatic N) is 1. The van der Waals surface area contributed by atoms with Gasteiger partial charge in [0.25, 0.3) is 0 Å². The molecule has 1 aliphatic rings. The Balaban J connectivity index is 1.62. The molecule has 1 saturated heterocycles. The van der Waals surface area contributed by atoms with Crippen molar-refractivity contribution < 1.29 is 24.5 Å². The molecule has 1 amide bonds. The van der Waals surface area contributed by atoms with Crippen LogP contribution in [0.1, 0.15) is 42.5 Å². The number of phenolic OH excluding ortho intramolecular Hbond substituents is 2. The summed E-state index contributed by atoms with van der Waals surface area (Å²) in [6, 6.07) is 18.9. The Morgan fingerprint density at radius 2 is 1.71 bits per heavy atom. The Kier molecular flexibility index (Phi) is 5.91. The van der Waals surface area contributed by atoms with Crippen molar-refractivity contribution in [2.24, 2.45) is 5.92 Å². The molecule has 4 rings (SSSR count). The van der Waals surface area contributed by atoms with E-state index in [0.29, 0.717) is 24.0 Å². The highest BCUT2D eigenvalue weighted by Gasteiger charge is 2.42. The van der Waals surface area contributed by atoms with Crippen LogP contribution in [0.15, 0.2) is 72.8 Å². The lowest BCUT2D eigenvalue weighted by Crippen LogP contribution is -2.28. The van der Waals surface area contributed by atoms with E-state index in [1.165, 1.54) is 24.3 Å². The molecule has 3 aromatic carbocycles. The van der Waals surface area contributed by atoms with Crippen LogP contribution in [0.25, 0.3) is 0 Å². The van der Waals surface area contributed by atoms with E-state index in [9.17, 15) is 24.5 Å². The number of hydrogen-bond donors (Lipinski definition) is 3. The molecule has 0 radical (unpaired) electrons. The second kappa shape index (κ2) is 8.78. The third-order valence-corrected chi connectivity index (χ3v) is 5.86. The number of aromatic hydroxyl groups is 2. The number of hydrogen-bond acceptors (Lipinski definition) is 4. The largest absolute Gasteiger partial charge is 0.508 e. The zero-order chi connectivity index (χ0) is 22.0. The third-order valence-electron chi connectivity index (χ3n) is 5.86. The zero-order valence-electron chi connectivity index (χ0n) is 16.9. The highest BCUT2D eigenvalue weighted by molar-refractivity contribution is 5.97. The smallest absolute Gasteiger partial charge is 0.227 e. The monoisotopic (exact) mass is 421 g/mol. The van der Waals surface area contributed by atoms with Crippen molar-refractivity contribution in [1.82, 2.24) is 0 Å². The van der Waals surface area contributed by atoms with Gasteiger partial charge in [0.2, 0.25) is 5.91 Å². The van der Waals surface area contributed by atoms with Gasteiger partial charge in [-0.25, -0.2) is 4.39 Å². The summed E-state index contributed by atoms with van der Waals surface area (Å²) in [5, 5.41) is 30.8. The van der Waals surface area contributed by atoms with Gasteiger partial charge in [0.1, 0.15) is 17.3 Å². The molecule has 0 spiro atoms. The number of benzene rings is 3. The van der Waals surface area contributed by atoms with E-state index in [-0.39, 0.29) is 35.6 Å². The van der Waals surface area contributed by atoms with E-state index < -0.39 is 12.1 Å². The quantitative estimate of drug-likeness (QED) is 0.532. The number of halogens is 1. The summed E-state index contributed by atoms with van der Waals surface area (Å²) in [4.78, 5) is 14.7. The first-order chi connectivity index (χ1) is 14.9. The van der Waals surface area contributed by atoms with Crippen molar-refractivity contribution in [2.75, 3.05) is 4.90 Å². The van der Waals surface area contributed by atoms with E-state index >= 15 is 0 Å². The van der Waals surface area contributed by atoms with Crippen molar-refractivity contribution in [3.05, 3.63) is 89.7 Å². The van der Waals surface area contributed by atoms with Crippen LogP contribution < -0.4 is 4.90 Å². The first-order valence-corrected chi connectivity index (χ1v) is 10.3. The van der Waals surface area contributed by atoms with Crippen LogP contribution >= 0.6 is 0 Å². The Morgan fingerprint density at radius 1 is 1.00 bits per heavy atom.